The summed E-state index contributed by atoms with van der Waals surface area (Å²) < 4.78 is 10.6. The maximum atomic E-state index is 5.54. The zero-order valence-electron chi connectivity index (χ0n) is 8.78. The van der Waals surface area contributed by atoms with Crippen LogP contribution in [0.25, 0.3) is 0 Å². The highest BCUT2D eigenvalue weighted by Crippen LogP contribution is 2.09. The molecule has 1 rings (SSSR count). The van der Waals surface area contributed by atoms with Gasteiger partial charge in [0, 0.05) is 0 Å². The molecule has 0 amide bonds. The molecule has 0 radical (unpaired) electrons. The van der Waals surface area contributed by atoms with Crippen molar-refractivity contribution in [2.45, 2.75) is 19.6 Å². The lowest BCUT2D eigenvalue weighted by Crippen LogP contribution is -2.24. The van der Waals surface area contributed by atoms with Gasteiger partial charge in [-0.2, -0.15) is 0 Å². The summed E-state index contributed by atoms with van der Waals surface area (Å²) >= 11 is 0. The molecule has 1 aromatic rings. The highest BCUT2D eigenvalue weighted by molar-refractivity contribution is 6.70. The van der Waals surface area contributed by atoms with Gasteiger partial charge in [0.05, 0.1) is 12.5 Å². The van der Waals surface area contributed by atoms with Crippen LogP contribution in [0.5, 0.6) is 0 Å². The molecule has 3 nitrogen and oxygen atoms in total. The molecule has 1 aromatic heterocycles. The molecule has 4 heteroatoms. The van der Waals surface area contributed by atoms with E-state index in [-0.39, 0.29) is 0 Å². The fourth-order valence-corrected chi connectivity index (χ4v) is 1.64. The summed E-state index contributed by atoms with van der Waals surface area (Å²) in [5, 5.41) is 0. The monoisotopic (exact) mass is 209 g/mol. The van der Waals surface area contributed by atoms with Crippen molar-refractivity contribution in [1.82, 2.24) is 0 Å². The molecular weight excluding hydrogens is 194 g/mol. The van der Waals surface area contributed by atoms with Crippen molar-refractivity contribution >= 4 is 14.5 Å². The summed E-state index contributed by atoms with van der Waals surface area (Å²) in [4.78, 5) is 4.05. The average Bonchev–Trinajstić information content (AvgIpc) is 2.49. The second-order valence-electron chi connectivity index (χ2n) is 3.88. The van der Waals surface area contributed by atoms with Crippen LogP contribution in [0.4, 0.5) is 0 Å². The van der Waals surface area contributed by atoms with E-state index in [0.29, 0.717) is 11.6 Å². The quantitative estimate of drug-likeness (QED) is 0.434. The molecule has 0 spiro atoms. The van der Waals surface area contributed by atoms with Crippen molar-refractivity contribution in [3.63, 3.8) is 0 Å². The minimum atomic E-state index is -1.59. The van der Waals surface area contributed by atoms with Crippen molar-refractivity contribution in [2.24, 2.45) is 4.99 Å². The second-order valence-corrected chi connectivity index (χ2v) is 8.31. The van der Waals surface area contributed by atoms with Crippen LogP contribution in [0.1, 0.15) is 5.76 Å². The van der Waals surface area contributed by atoms with Gasteiger partial charge in [0.2, 0.25) is 8.32 Å². The lowest BCUT2D eigenvalue weighted by atomic mass is 10.5. The third-order valence-corrected chi connectivity index (χ3v) is 2.15. The Labute approximate surface area is 85.2 Å². The molecule has 1 heterocycles. The van der Waals surface area contributed by atoms with Gasteiger partial charge in [-0.05, 0) is 38.4 Å². The average molecular weight is 209 g/mol. The van der Waals surface area contributed by atoms with Crippen molar-refractivity contribution in [3.8, 4) is 0 Å². The molecule has 0 unspecified atom stereocenters. The molecule has 76 valence electrons. The van der Waals surface area contributed by atoms with Gasteiger partial charge in [-0.25, -0.2) is 4.99 Å². The summed E-state index contributed by atoms with van der Waals surface area (Å²) in [6.07, 6.45) is 3.20. The minimum Gasteiger partial charge on any atom is -0.532 e. The van der Waals surface area contributed by atoms with E-state index in [1.54, 1.807) is 12.5 Å². The first-order valence-corrected chi connectivity index (χ1v) is 7.84. The molecule has 0 atom stereocenters. The van der Waals surface area contributed by atoms with Gasteiger partial charge in [-0.15, -0.1) is 0 Å². The van der Waals surface area contributed by atoms with Gasteiger partial charge in [0.25, 0.3) is 0 Å². The normalized spacial score (nSPS) is 11.9. The van der Waals surface area contributed by atoms with Gasteiger partial charge in [0.1, 0.15) is 5.76 Å². The topological polar surface area (TPSA) is 34.7 Å². The minimum absolute atomic E-state index is 0.445. The van der Waals surface area contributed by atoms with Crippen LogP contribution in [0, 0.1) is 0 Å². The Morgan fingerprint density at radius 3 is 2.79 bits per heavy atom. The van der Waals surface area contributed by atoms with Crippen molar-refractivity contribution < 1.29 is 8.84 Å². The molecule has 0 N–H and O–H groups in total. The lowest BCUT2D eigenvalue weighted by Gasteiger charge is -2.17. The van der Waals surface area contributed by atoms with E-state index < -0.39 is 8.32 Å². The van der Waals surface area contributed by atoms with E-state index in [4.69, 9.17) is 8.84 Å². The maximum absolute atomic E-state index is 5.54. The Morgan fingerprint density at radius 1 is 1.57 bits per heavy atom. The SMILES string of the molecule is C=C(/N=C/c1ccco1)O[Si](C)(C)C. The van der Waals surface area contributed by atoms with Crippen LogP contribution in [0.3, 0.4) is 0 Å². The van der Waals surface area contributed by atoms with Crippen LogP contribution in [-0.2, 0) is 4.43 Å². The Bertz CT molecular complexity index is 322. The van der Waals surface area contributed by atoms with E-state index in [1.165, 1.54) is 0 Å². The Hall–Kier alpha value is -1.29. The van der Waals surface area contributed by atoms with Crippen LogP contribution in [0.2, 0.25) is 19.6 Å². The van der Waals surface area contributed by atoms with E-state index >= 15 is 0 Å². The summed E-state index contributed by atoms with van der Waals surface area (Å²) in [6, 6.07) is 3.63. The number of aliphatic imine (C=N–C) groups is 1. The highest BCUT2D eigenvalue weighted by atomic mass is 28.4. The van der Waals surface area contributed by atoms with Crippen molar-refractivity contribution in [2.75, 3.05) is 0 Å². The molecule has 0 aromatic carbocycles. The second kappa shape index (κ2) is 4.28. The van der Waals surface area contributed by atoms with Gasteiger partial charge in [-0.1, -0.05) is 0 Å². The Kier molecular flexibility index (Phi) is 3.30. The molecule has 0 fully saturated rings. The largest absolute Gasteiger partial charge is 0.532 e. The molecule has 0 saturated carbocycles. The van der Waals surface area contributed by atoms with Crippen molar-refractivity contribution in [3.05, 3.63) is 36.6 Å². The van der Waals surface area contributed by atoms with Gasteiger partial charge in [-0.3, -0.25) is 0 Å². The fourth-order valence-electron chi connectivity index (χ4n) is 0.880. The smallest absolute Gasteiger partial charge is 0.244 e. The van der Waals surface area contributed by atoms with Gasteiger partial charge in [0.15, 0.2) is 5.88 Å². The van der Waals surface area contributed by atoms with Crippen LogP contribution < -0.4 is 0 Å². The molecule has 14 heavy (non-hydrogen) atoms. The summed E-state index contributed by atoms with van der Waals surface area (Å²) in [5.41, 5.74) is 0. The van der Waals surface area contributed by atoms with E-state index in [0.717, 1.165) is 0 Å². The van der Waals surface area contributed by atoms with E-state index in [9.17, 15) is 0 Å². The van der Waals surface area contributed by atoms with Crippen LogP contribution in [-0.4, -0.2) is 14.5 Å². The summed E-state index contributed by atoms with van der Waals surface area (Å²) in [6.45, 7) is 9.96. The summed E-state index contributed by atoms with van der Waals surface area (Å²) in [5.74, 6) is 1.14. The van der Waals surface area contributed by atoms with E-state index in [2.05, 4.69) is 31.2 Å². The summed E-state index contributed by atoms with van der Waals surface area (Å²) in [7, 11) is -1.59. The lowest BCUT2D eigenvalue weighted by molar-refractivity contribution is 0.420. The molecule has 0 bridgehead atoms. The predicted octanol–water partition coefficient (Wildman–Crippen LogP) is 3.02. The van der Waals surface area contributed by atoms with Crippen molar-refractivity contribution in [1.29, 1.82) is 0 Å². The maximum Gasteiger partial charge on any atom is 0.244 e. The number of hydrogen-bond donors (Lipinski definition) is 0. The molecule has 0 saturated heterocycles. The zero-order valence-corrected chi connectivity index (χ0v) is 9.78. The third-order valence-electron chi connectivity index (χ3n) is 1.30. The molecule has 0 aliphatic rings. The van der Waals surface area contributed by atoms with Gasteiger partial charge < -0.3 is 8.84 Å². The standard InChI is InChI=1S/C10H15NO2Si/c1-9(13-14(2,3)4)11-8-10-6-5-7-12-10/h5-8H,1H2,2-4H3/b11-8+. The zero-order chi connectivity index (χ0) is 10.6. The Morgan fingerprint density at radius 2 is 2.29 bits per heavy atom. The third kappa shape index (κ3) is 4.09. The first-order valence-electron chi connectivity index (χ1n) is 4.43. The molecular formula is C10H15NO2Si. The Balaban J connectivity index is 2.49. The number of furan rings is 1. The van der Waals surface area contributed by atoms with E-state index in [1.807, 2.05) is 12.1 Å². The number of hydrogen-bond acceptors (Lipinski definition) is 3. The molecule has 0 aliphatic heterocycles. The van der Waals surface area contributed by atoms with Crippen LogP contribution >= 0.6 is 0 Å². The first-order chi connectivity index (χ1) is 6.47. The number of nitrogens with zero attached hydrogens (tertiary/aromatic N) is 1. The predicted molar refractivity (Wildman–Crippen MR) is 59.9 cm³/mol. The first kappa shape index (κ1) is 10.8. The van der Waals surface area contributed by atoms with Gasteiger partial charge >= 0.3 is 0 Å². The highest BCUT2D eigenvalue weighted by Gasteiger charge is 2.16. The van der Waals surface area contributed by atoms with Crippen LogP contribution in [0.15, 0.2) is 40.3 Å². The molecule has 0 aliphatic carbocycles. The fraction of sp³-hybridized carbons (Fsp3) is 0.300. The number of rotatable bonds is 4.